The first kappa shape index (κ1) is 20.5. The molecular weight excluding hydrogens is 499 g/mol. The van der Waals surface area contributed by atoms with E-state index in [1.165, 1.54) is 0 Å². The number of aromatic nitrogens is 3. The number of fused-ring (bicyclic) bond motifs is 1. The van der Waals surface area contributed by atoms with Crippen molar-refractivity contribution in [2.75, 3.05) is 43.2 Å². The molecule has 0 saturated carbocycles. The molecule has 3 heterocycles. The summed E-state index contributed by atoms with van der Waals surface area (Å²) in [4.78, 5) is 18.8. The molecule has 30 heavy (non-hydrogen) atoms. The molecule has 4 rings (SSSR count). The summed E-state index contributed by atoms with van der Waals surface area (Å²) in [6.45, 7) is 4.75. The van der Waals surface area contributed by atoms with Crippen molar-refractivity contribution in [3.05, 3.63) is 51.2 Å². The van der Waals surface area contributed by atoms with E-state index in [0.717, 1.165) is 28.0 Å². The van der Waals surface area contributed by atoms with Gasteiger partial charge in [-0.1, -0.05) is 12.1 Å². The number of carbonyl (C=O) groups is 1. The SMILES string of the molecule is CCOC(=O)c1cc2nc(N/N=C/c3cccc(I)c3)cc(N3CCOCC3)n2n1. The van der Waals surface area contributed by atoms with Gasteiger partial charge in [-0.25, -0.2) is 9.78 Å². The van der Waals surface area contributed by atoms with Gasteiger partial charge in [-0.3, -0.25) is 5.43 Å². The molecule has 0 atom stereocenters. The van der Waals surface area contributed by atoms with Crippen LogP contribution in [0.25, 0.3) is 5.65 Å². The number of nitrogens with zero attached hydrogens (tertiary/aromatic N) is 5. The number of hydrogen-bond donors (Lipinski definition) is 1. The molecule has 9 nitrogen and oxygen atoms in total. The minimum absolute atomic E-state index is 0.221. The minimum atomic E-state index is -0.470. The number of morpholine rings is 1. The highest BCUT2D eigenvalue weighted by Gasteiger charge is 2.20. The lowest BCUT2D eigenvalue weighted by Crippen LogP contribution is -2.37. The zero-order valence-corrected chi connectivity index (χ0v) is 18.6. The Morgan fingerprint density at radius 2 is 2.17 bits per heavy atom. The summed E-state index contributed by atoms with van der Waals surface area (Å²) in [5.74, 6) is 0.897. The summed E-state index contributed by atoms with van der Waals surface area (Å²) in [5, 5.41) is 8.73. The van der Waals surface area contributed by atoms with Crippen molar-refractivity contribution < 1.29 is 14.3 Å². The van der Waals surface area contributed by atoms with Crippen LogP contribution in [-0.4, -0.2) is 59.7 Å². The molecule has 1 saturated heterocycles. The lowest BCUT2D eigenvalue weighted by molar-refractivity contribution is 0.0519. The highest BCUT2D eigenvalue weighted by atomic mass is 127. The summed E-state index contributed by atoms with van der Waals surface area (Å²) in [5.41, 5.74) is 4.73. The number of nitrogens with one attached hydrogen (secondary N) is 1. The Morgan fingerprint density at radius 3 is 2.93 bits per heavy atom. The van der Waals surface area contributed by atoms with Crippen LogP contribution < -0.4 is 10.3 Å². The van der Waals surface area contributed by atoms with Crippen LogP contribution in [0.1, 0.15) is 23.0 Å². The molecule has 1 aromatic carbocycles. The van der Waals surface area contributed by atoms with Crippen LogP contribution in [0, 0.1) is 3.57 Å². The van der Waals surface area contributed by atoms with E-state index in [4.69, 9.17) is 9.47 Å². The van der Waals surface area contributed by atoms with Crippen molar-refractivity contribution in [3.8, 4) is 0 Å². The van der Waals surface area contributed by atoms with E-state index in [1.807, 2.05) is 30.3 Å². The molecule has 3 aromatic rings. The Bertz CT molecular complexity index is 1080. The second-order valence-corrected chi connectivity index (χ2v) is 7.79. The lowest BCUT2D eigenvalue weighted by Gasteiger charge is -2.29. The van der Waals surface area contributed by atoms with Crippen molar-refractivity contribution in [1.82, 2.24) is 14.6 Å². The van der Waals surface area contributed by atoms with Gasteiger partial charge in [-0.15, -0.1) is 0 Å². The molecule has 0 aliphatic carbocycles. The number of carbonyl (C=O) groups excluding carboxylic acids is 1. The summed E-state index contributed by atoms with van der Waals surface area (Å²) in [6, 6.07) is 11.5. The van der Waals surface area contributed by atoms with Crippen LogP contribution in [0.4, 0.5) is 11.6 Å². The van der Waals surface area contributed by atoms with Crippen LogP contribution >= 0.6 is 22.6 Å². The second-order valence-electron chi connectivity index (χ2n) is 6.54. The smallest absolute Gasteiger partial charge is 0.358 e. The molecular formula is C20H21IN6O3. The van der Waals surface area contributed by atoms with Crippen LogP contribution in [0.3, 0.4) is 0 Å². The Balaban J connectivity index is 1.66. The molecule has 1 aliphatic rings. The third-order valence-electron chi connectivity index (χ3n) is 4.47. The molecule has 1 N–H and O–H groups in total. The average Bonchev–Trinajstić information content (AvgIpc) is 3.18. The van der Waals surface area contributed by atoms with E-state index >= 15 is 0 Å². The number of rotatable bonds is 6. The van der Waals surface area contributed by atoms with Crippen LogP contribution in [0.5, 0.6) is 0 Å². The minimum Gasteiger partial charge on any atom is -0.461 e. The Hall–Kier alpha value is -2.73. The molecule has 0 unspecified atom stereocenters. The van der Waals surface area contributed by atoms with E-state index in [-0.39, 0.29) is 12.3 Å². The maximum atomic E-state index is 12.1. The lowest BCUT2D eigenvalue weighted by atomic mass is 10.2. The first-order valence-corrected chi connectivity index (χ1v) is 10.7. The molecule has 0 amide bonds. The molecule has 1 fully saturated rings. The molecule has 10 heteroatoms. The standard InChI is InChI=1S/C20H21IN6O3/c1-2-30-20(28)16-11-18-23-17(24-22-13-14-4-3-5-15(21)10-14)12-19(27(18)25-16)26-6-8-29-9-7-26/h3-5,10-13H,2,6-9H2,1H3,(H,23,24)/b22-13+. The summed E-state index contributed by atoms with van der Waals surface area (Å²) >= 11 is 2.26. The monoisotopic (exact) mass is 520 g/mol. The second kappa shape index (κ2) is 9.39. The Labute approximate surface area is 187 Å². The predicted molar refractivity (Wildman–Crippen MR) is 122 cm³/mol. The highest BCUT2D eigenvalue weighted by molar-refractivity contribution is 14.1. The van der Waals surface area contributed by atoms with Gasteiger partial charge in [-0.05, 0) is 47.2 Å². The normalized spacial score (nSPS) is 14.4. The van der Waals surface area contributed by atoms with Gasteiger partial charge in [0.25, 0.3) is 0 Å². The van der Waals surface area contributed by atoms with Crippen molar-refractivity contribution in [1.29, 1.82) is 0 Å². The molecule has 156 valence electrons. The number of hydrazone groups is 1. The molecule has 0 radical (unpaired) electrons. The Morgan fingerprint density at radius 1 is 1.33 bits per heavy atom. The van der Waals surface area contributed by atoms with E-state index in [9.17, 15) is 4.79 Å². The molecule has 0 spiro atoms. The van der Waals surface area contributed by atoms with Gasteiger partial charge in [0.15, 0.2) is 17.2 Å². The Kier molecular flexibility index (Phi) is 6.43. The van der Waals surface area contributed by atoms with Gasteiger partial charge in [0, 0.05) is 28.8 Å². The van der Waals surface area contributed by atoms with Gasteiger partial charge in [0.2, 0.25) is 0 Å². The first-order chi connectivity index (χ1) is 14.6. The van der Waals surface area contributed by atoms with Gasteiger partial charge >= 0.3 is 5.97 Å². The van der Waals surface area contributed by atoms with Crippen LogP contribution in [0.2, 0.25) is 0 Å². The average molecular weight is 520 g/mol. The number of hydrogen-bond acceptors (Lipinski definition) is 8. The number of anilines is 2. The first-order valence-electron chi connectivity index (χ1n) is 9.59. The quantitative estimate of drug-likeness (QED) is 0.231. The van der Waals surface area contributed by atoms with Gasteiger partial charge in [0.05, 0.1) is 26.0 Å². The van der Waals surface area contributed by atoms with E-state index in [1.54, 1.807) is 23.7 Å². The number of benzene rings is 1. The van der Waals surface area contributed by atoms with E-state index < -0.39 is 5.97 Å². The summed E-state index contributed by atoms with van der Waals surface area (Å²) in [7, 11) is 0. The van der Waals surface area contributed by atoms with Crippen molar-refractivity contribution >= 4 is 52.1 Å². The largest absolute Gasteiger partial charge is 0.461 e. The number of halogens is 1. The summed E-state index contributed by atoms with van der Waals surface area (Å²) < 4.78 is 13.3. The molecule has 1 aliphatic heterocycles. The fourth-order valence-corrected chi connectivity index (χ4v) is 3.67. The maximum Gasteiger partial charge on any atom is 0.358 e. The number of esters is 1. The van der Waals surface area contributed by atoms with Crippen LogP contribution in [-0.2, 0) is 9.47 Å². The highest BCUT2D eigenvalue weighted by Crippen LogP contribution is 2.22. The van der Waals surface area contributed by atoms with Crippen molar-refractivity contribution in [3.63, 3.8) is 0 Å². The van der Waals surface area contributed by atoms with Crippen molar-refractivity contribution in [2.45, 2.75) is 6.92 Å². The zero-order chi connectivity index (χ0) is 20.9. The third kappa shape index (κ3) is 4.70. The fraction of sp³-hybridized carbons (Fsp3) is 0.300. The van der Waals surface area contributed by atoms with Crippen LogP contribution in [0.15, 0.2) is 41.5 Å². The van der Waals surface area contributed by atoms with E-state index in [0.29, 0.717) is 24.7 Å². The summed E-state index contributed by atoms with van der Waals surface area (Å²) in [6.07, 6.45) is 1.74. The molecule has 0 bridgehead atoms. The third-order valence-corrected chi connectivity index (χ3v) is 5.14. The maximum absolute atomic E-state index is 12.1. The zero-order valence-electron chi connectivity index (χ0n) is 16.4. The van der Waals surface area contributed by atoms with Crippen molar-refractivity contribution in [2.24, 2.45) is 5.10 Å². The number of ether oxygens (including phenoxy) is 2. The van der Waals surface area contributed by atoms with Gasteiger partial charge < -0.3 is 14.4 Å². The predicted octanol–water partition coefficient (Wildman–Crippen LogP) is 2.79. The fourth-order valence-electron chi connectivity index (χ4n) is 3.10. The molecule has 2 aromatic heterocycles. The van der Waals surface area contributed by atoms with E-state index in [2.05, 4.69) is 48.1 Å². The topological polar surface area (TPSA) is 93.3 Å². The van der Waals surface area contributed by atoms with Gasteiger partial charge in [0.1, 0.15) is 5.82 Å². The van der Waals surface area contributed by atoms with Gasteiger partial charge in [-0.2, -0.15) is 14.7 Å².